The van der Waals surface area contributed by atoms with Crippen molar-refractivity contribution < 1.29 is 8.78 Å². The second-order valence-electron chi connectivity index (χ2n) is 4.96. The Morgan fingerprint density at radius 1 is 1.17 bits per heavy atom. The fraction of sp³-hybridized carbons (Fsp3) is 0.571. The topological polar surface area (TPSA) is 38.0 Å². The van der Waals surface area contributed by atoms with Crippen LogP contribution in [0.4, 0.5) is 8.78 Å². The van der Waals surface area contributed by atoms with Gasteiger partial charge in [-0.3, -0.25) is 0 Å². The van der Waals surface area contributed by atoms with Gasteiger partial charge < -0.3 is 11.1 Å². The van der Waals surface area contributed by atoms with E-state index in [4.69, 9.17) is 5.73 Å². The first-order chi connectivity index (χ1) is 8.70. The SMILES string of the molecule is NCC(NC1CCCCC1)c1ccc(F)c(F)c1. The molecular formula is C14H20F2N2. The van der Waals surface area contributed by atoms with Gasteiger partial charge in [0.25, 0.3) is 0 Å². The van der Waals surface area contributed by atoms with E-state index in [1.165, 1.54) is 25.3 Å². The van der Waals surface area contributed by atoms with Crippen molar-refractivity contribution in [3.8, 4) is 0 Å². The zero-order valence-electron chi connectivity index (χ0n) is 10.5. The molecule has 1 fully saturated rings. The molecule has 1 saturated carbocycles. The van der Waals surface area contributed by atoms with Crippen LogP contribution in [0.25, 0.3) is 0 Å². The molecule has 1 aromatic rings. The van der Waals surface area contributed by atoms with Crippen LogP contribution >= 0.6 is 0 Å². The molecule has 0 saturated heterocycles. The predicted octanol–water partition coefficient (Wildman–Crippen LogP) is 2.89. The highest BCUT2D eigenvalue weighted by atomic mass is 19.2. The molecule has 0 aromatic heterocycles. The maximum atomic E-state index is 13.2. The average molecular weight is 254 g/mol. The van der Waals surface area contributed by atoms with Gasteiger partial charge in [-0.2, -0.15) is 0 Å². The van der Waals surface area contributed by atoms with Gasteiger partial charge in [-0.1, -0.05) is 25.3 Å². The summed E-state index contributed by atoms with van der Waals surface area (Å²) in [5.41, 5.74) is 6.46. The van der Waals surface area contributed by atoms with Crippen LogP contribution in [0.15, 0.2) is 18.2 Å². The van der Waals surface area contributed by atoms with E-state index in [0.29, 0.717) is 12.6 Å². The molecule has 1 aliphatic rings. The molecule has 0 heterocycles. The lowest BCUT2D eigenvalue weighted by atomic mass is 9.94. The van der Waals surface area contributed by atoms with Crippen molar-refractivity contribution in [1.29, 1.82) is 0 Å². The van der Waals surface area contributed by atoms with Gasteiger partial charge in [0.2, 0.25) is 0 Å². The van der Waals surface area contributed by atoms with E-state index in [9.17, 15) is 8.78 Å². The molecule has 100 valence electrons. The van der Waals surface area contributed by atoms with Crippen molar-refractivity contribution in [2.24, 2.45) is 5.73 Å². The quantitative estimate of drug-likeness (QED) is 0.867. The minimum atomic E-state index is -0.813. The molecule has 2 nitrogen and oxygen atoms in total. The Kier molecular flexibility index (Phi) is 4.66. The fourth-order valence-corrected chi connectivity index (χ4v) is 2.58. The third-order valence-electron chi connectivity index (χ3n) is 3.62. The molecule has 3 N–H and O–H groups in total. The number of benzene rings is 1. The van der Waals surface area contributed by atoms with E-state index in [0.717, 1.165) is 24.5 Å². The van der Waals surface area contributed by atoms with Gasteiger partial charge in [0.1, 0.15) is 0 Å². The Hall–Kier alpha value is -1.00. The number of nitrogens with two attached hydrogens (primary N) is 1. The van der Waals surface area contributed by atoms with Crippen LogP contribution in [-0.4, -0.2) is 12.6 Å². The largest absolute Gasteiger partial charge is 0.329 e. The highest BCUT2D eigenvalue weighted by Crippen LogP contribution is 2.22. The lowest BCUT2D eigenvalue weighted by Crippen LogP contribution is -2.37. The van der Waals surface area contributed by atoms with E-state index in [-0.39, 0.29) is 6.04 Å². The zero-order chi connectivity index (χ0) is 13.0. The summed E-state index contributed by atoms with van der Waals surface area (Å²) in [7, 11) is 0. The fourth-order valence-electron chi connectivity index (χ4n) is 2.58. The number of halogens is 2. The summed E-state index contributed by atoms with van der Waals surface area (Å²) in [6.07, 6.45) is 6.02. The van der Waals surface area contributed by atoms with E-state index < -0.39 is 11.6 Å². The summed E-state index contributed by atoms with van der Waals surface area (Å²) < 4.78 is 26.1. The second-order valence-corrected chi connectivity index (χ2v) is 4.96. The zero-order valence-corrected chi connectivity index (χ0v) is 10.5. The Balaban J connectivity index is 2.04. The highest BCUT2D eigenvalue weighted by Gasteiger charge is 2.19. The van der Waals surface area contributed by atoms with E-state index >= 15 is 0 Å². The van der Waals surface area contributed by atoms with E-state index in [1.807, 2.05) is 0 Å². The molecule has 1 unspecified atom stereocenters. The summed E-state index contributed by atoms with van der Waals surface area (Å²) in [4.78, 5) is 0. The van der Waals surface area contributed by atoms with Crippen LogP contribution in [0.5, 0.6) is 0 Å². The van der Waals surface area contributed by atoms with Crippen LogP contribution in [-0.2, 0) is 0 Å². The Morgan fingerprint density at radius 2 is 1.89 bits per heavy atom. The highest BCUT2D eigenvalue weighted by molar-refractivity contribution is 5.21. The minimum absolute atomic E-state index is 0.0943. The molecule has 0 radical (unpaired) electrons. The van der Waals surface area contributed by atoms with Gasteiger partial charge in [0, 0.05) is 18.6 Å². The molecule has 0 aliphatic heterocycles. The maximum absolute atomic E-state index is 13.2. The van der Waals surface area contributed by atoms with E-state index in [2.05, 4.69) is 5.32 Å². The molecule has 4 heteroatoms. The number of hydrogen-bond donors (Lipinski definition) is 2. The van der Waals surface area contributed by atoms with Crippen LogP contribution in [0.3, 0.4) is 0 Å². The van der Waals surface area contributed by atoms with Crippen LogP contribution in [0.2, 0.25) is 0 Å². The third kappa shape index (κ3) is 3.27. The van der Waals surface area contributed by atoms with Crippen molar-refractivity contribution in [1.82, 2.24) is 5.32 Å². The number of nitrogens with one attached hydrogen (secondary N) is 1. The number of hydrogen-bond acceptors (Lipinski definition) is 2. The summed E-state index contributed by atoms with van der Waals surface area (Å²) in [6, 6.07) is 4.35. The van der Waals surface area contributed by atoms with Crippen LogP contribution in [0.1, 0.15) is 43.7 Å². The molecule has 1 atom stereocenters. The average Bonchev–Trinajstić information content (AvgIpc) is 2.40. The van der Waals surface area contributed by atoms with Gasteiger partial charge >= 0.3 is 0 Å². The first-order valence-corrected chi connectivity index (χ1v) is 6.62. The monoisotopic (exact) mass is 254 g/mol. The smallest absolute Gasteiger partial charge is 0.159 e. The molecule has 1 aromatic carbocycles. The lowest BCUT2D eigenvalue weighted by molar-refractivity contribution is 0.340. The number of rotatable bonds is 4. The van der Waals surface area contributed by atoms with Crippen molar-refractivity contribution >= 4 is 0 Å². The van der Waals surface area contributed by atoms with Gasteiger partial charge in [0.15, 0.2) is 11.6 Å². The molecular weight excluding hydrogens is 234 g/mol. The summed E-state index contributed by atoms with van der Waals surface area (Å²) in [6.45, 7) is 0.390. The van der Waals surface area contributed by atoms with Gasteiger partial charge in [0.05, 0.1) is 0 Å². The van der Waals surface area contributed by atoms with Crippen LogP contribution < -0.4 is 11.1 Å². The van der Waals surface area contributed by atoms with Crippen molar-refractivity contribution in [2.45, 2.75) is 44.2 Å². The third-order valence-corrected chi connectivity index (χ3v) is 3.62. The van der Waals surface area contributed by atoms with Crippen molar-refractivity contribution in [3.63, 3.8) is 0 Å². The van der Waals surface area contributed by atoms with E-state index in [1.54, 1.807) is 6.07 Å². The van der Waals surface area contributed by atoms with Crippen LogP contribution in [0, 0.1) is 11.6 Å². The van der Waals surface area contributed by atoms with Crippen molar-refractivity contribution in [3.05, 3.63) is 35.4 Å². The van der Waals surface area contributed by atoms with Gasteiger partial charge in [-0.05, 0) is 30.5 Å². The lowest BCUT2D eigenvalue weighted by Gasteiger charge is -2.28. The standard InChI is InChI=1S/C14H20F2N2/c15-12-7-6-10(8-13(12)16)14(9-17)18-11-4-2-1-3-5-11/h6-8,11,14,18H,1-5,9,17H2. The summed E-state index contributed by atoms with van der Waals surface area (Å²) >= 11 is 0. The first kappa shape index (κ1) is 13.4. The summed E-state index contributed by atoms with van der Waals surface area (Å²) in [5, 5.41) is 3.45. The molecule has 18 heavy (non-hydrogen) atoms. The maximum Gasteiger partial charge on any atom is 0.159 e. The molecule has 2 rings (SSSR count). The van der Waals surface area contributed by atoms with Gasteiger partial charge in [-0.25, -0.2) is 8.78 Å². The molecule has 0 spiro atoms. The van der Waals surface area contributed by atoms with Gasteiger partial charge in [-0.15, -0.1) is 0 Å². The predicted molar refractivity (Wildman–Crippen MR) is 68.2 cm³/mol. The summed E-state index contributed by atoms with van der Waals surface area (Å²) in [5.74, 6) is -1.62. The Morgan fingerprint density at radius 3 is 2.50 bits per heavy atom. The van der Waals surface area contributed by atoms with Crippen molar-refractivity contribution in [2.75, 3.05) is 6.54 Å². The first-order valence-electron chi connectivity index (χ1n) is 6.62. The molecule has 0 bridgehead atoms. The molecule has 0 amide bonds. The minimum Gasteiger partial charge on any atom is -0.329 e. The molecule has 1 aliphatic carbocycles. The Bertz CT molecular complexity index is 389. The second kappa shape index (κ2) is 6.25. The Labute approximate surface area is 107 Å². The normalized spacial score (nSPS) is 18.8.